The van der Waals surface area contributed by atoms with Crippen LogP contribution in [0.15, 0.2) is 24.3 Å². The smallest absolute Gasteiger partial charge is 0.0798 e. The van der Waals surface area contributed by atoms with Crippen LogP contribution in [-0.2, 0) is 13.1 Å². The minimum atomic E-state index is 0.728. The fourth-order valence-corrected chi connectivity index (χ4v) is 1.69. The van der Waals surface area contributed by atoms with Crippen LogP contribution in [0.3, 0.4) is 0 Å². The van der Waals surface area contributed by atoms with Gasteiger partial charge in [-0.3, -0.25) is 0 Å². The van der Waals surface area contributed by atoms with E-state index in [4.69, 9.17) is 0 Å². The fourth-order valence-electron chi connectivity index (χ4n) is 1.69. The van der Waals surface area contributed by atoms with Crippen molar-refractivity contribution in [2.45, 2.75) is 13.1 Å². The number of rotatable bonds is 4. The van der Waals surface area contributed by atoms with Gasteiger partial charge in [0.1, 0.15) is 0 Å². The lowest BCUT2D eigenvalue weighted by Crippen LogP contribution is -2.30. The molecule has 0 unspecified atom stereocenters. The van der Waals surface area contributed by atoms with Gasteiger partial charge in [-0.2, -0.15) is 0 Å². The van der Waals surface area contributed by atoms with Crippen molar-refractivity contribution < 1.29 is 4.48 Å². The van der Waals surface area contributed by atoms with Gasteiger partial charge in [0.15, 0.2) is 0 Å². The van der Waals surface area contributed by atoms with Crippen LogP contribution in [0.4, 0.5) is 0 Å². The lowest BCUT2D eigenvalue weighted by molar-refractivity contribution is -0.859. The maximum Gasteiger partial charge on any atom is 0.0798 e. The zero-order valence-corrected chi connectivity index (χ0v) is 10.3. The van der Waals surface area contributed by atoms with Crippen LogP contribution in [-0.4, -0.2) is 37.6 Å². The van der Waals surface area contributed by atoms with Crippen LogP contribution >= 0.6 is 0 Å². The first-order valence-corrected chi connectivity index (χ1v) is 5.27. The lowest BCUT2D eigenvalue weighted by atomic mass is 10.1. The maximum absolute atomic E-state index is 4.08. The number of hydrogen-bond donors (Lipinski definition) is 0. The van der Waals surface area contributed by atoms with Crippen molar-refractivity contribution >= 4 is 0 Å². The minimum absolute atomic E-state index is 0.728. The molecule has 0 amide bonds. The summed E-state index contributed by atoms with van der Waals surface area (Å²) < 4.78 is 0.728. The van der Waals surface area contributed by atoms with Gasteiger partial charge in [0, 0.05) is 26.2 Å². The van der Waals surface area contributed by atoms with E-state index in [0.717, 1.165) is 17.6 Å². The van der Waals surface area contributed by atoms with Gasteiger partial charge in [-0.25, -0.2) is 0 Å². The summed E-state index contributed by atoms with van der Waals surface area (Å²) in [6.45, 7) is 1.97. The summed E-state index contributed by atoms with van der Waals surface area (Å²) >= 11 is 0. The molecule has 2 nitrogen and oxygen atoms in total. The second kappa shape index (κ2) is 4.77. The number of quaternary nitrogens is 1. The molecule has 84 valence electrons. The van der Waals surface area contributed by atoms with Crippen LogP contribution in [0.5, 0.6) is 0 Å². The molecule has 0 aliphatic rings. The lowest BCUT2D eigenvalue weighted by Gasteiger charge is -2.32. The molecule has 0 heterocycles. The van der Waals surface area contributed by atoms with E-state index in [2.05, 4.69) is 64.4 Å². The predicted octanol–water partition coefficient (Wildman–Crippen LogP) is 2.12. The predicted molar refractivity (Wildman–Crippen MR) is 65.0 cm³/mol. The van der Waals surface area contributed by atoms with Gasteiger partial charge in [0.05, 0.1) is 6.54 Å². The molecule has 0 spiro atoms. The number of benzene rings is 1. The molecular formula is C13H22N2. The zero-order chi connectivity index (χ0) is 11.5. The van der Waals surface area contributed by atoms with Crippen molar-refractivity contribution in [2.24, 2.45) is 0 Å². The highest BCUT2D eigenvalue weighted by atomic mass is 15.3. The first-order valence-electron chi connectivity index (χ1n) is 5.27. The van der Waals surface area contributed by atoms with Crippen molar-refractivity contribution in [3.8, 4) is 0 Å². The summed E-state index contributed by atoms with van der Waals surface area (Å²) in [7, 11) is 12.5. The van der Waals surface area contributed by atoms with E-state index in [1.165, 1.54) is 11.1 Å². The molecule has 0 N–H and O–H groups in total. The molecule has 0 radical (unpaired) electrons. The molecule has 2 heteroatoms. The van der Waals surface area contributed by atoms with E-state index < -0.39 is 0 Å². The normalized spacial score (nSPS) is 12.1. The third-order valence-corrected chi connectivity index (χ3v) is 2.10. The minimum Gasteiger partial charge on any atom is -0.458 e. The van der Waals surface area contributed by atoms with Crippen LogP contribution in [0.2, 0.25) is 0 Å². The second-order valence-corrected chi connectivity index (χ2v) is 5.15. The molecule has 0 aromatic heterocycles. The molecule has 1 rings (SSSR count). The molecular weight excluding hydrogens is 184 g/mol. The van der Waals surface area contributed by atoms with Crippen LogP contribution in [0, 0.1) is 7.05 Å². The first-order chi connectivity index (χ1) is 6.87. The highest BCUT2D eigenvalue weighted by molar-refractivity contribution is 5.22. The molecule has 0 saturated carbocycles. The Morgan fingerprint density at radius 1 is 1.20 bits per heavy atom. The Bertz CT molecular complexity index is 311. The first kappa shape index (κ1) is 12.2. The second-order valence-electron chi connectivity index (χ2n) is 5.15. The maximum atomic E-state index is 4.08. The summed E-state index contributed by atoms with van der Waals surface area (Å²) in [4.78, 5) is 2.18. The summed E-state index contributed by atoms with van der Waals surface area (Å²) in [6, 6.07) is 8.74. The van der Waals surface area contributed by atoms with Gasteiger partial charge in [-0.05, 0) is 25.7 Å². The molecule has 15 heavy (non-hydrogen) atoms. The zero-order valence-electron chi connectivity index (χ0n) is 10.3. The number of nitrogens with zero attached hydrogens (tertiary/aromatic N) is 2. The monoisotopic (exact) mass is 206 g/mol. The molecule has 0 atom stereocenters. The summed E-state index contributed by atoms with van der Waals surface area (Å²) in [5.41, 5.74) is 2.72. The SMILES string of the molecule is [CH2-][N+](C)(C)Cc1cccc(CN(C)C)c1. The molecule has 1 aromatic carbocycles. The van der Waals surface area contributed by atoms with Crippen molar-refractivity contribution in [3.05, 3.63) is 42.4 Å². The summed E-state index contributed by atoms with van der Waals surface area (Å²) in [6.07, 6.45) is 0. The average Bonchev–Trinajstić information content (AvgIpc) is 1.99. The number of hydrogen-bond acceptors (Lipinski definition) is 1. The summed E-state index contributed by atoms with van der Waals surface area (Å²) in [5, 5.41) is 0. The molecule has 0 aliphatic carbocycles. The Morgan fingerprint density at radius 3 is 2.33 bits per heavy atom. The Labute approximate surface area is 93.7 Å². The van der Waals surface area contributed by atoms with Gasteiger partial charge in [-0.1, -0.05) is 18.2 Å². The van der Waals surface area contributed by atoms with E-state index in [1.54, 1.807) is 0 Å². The molecule has 0 fully saturated rings. The van der Waals surface area contributed by atoms with Crippen molar-refractivity contribution in [3.63, 3.8) is 0 Å². The van der Waals surface area contributed by atoms with Crippen molar-refractivity contribution in [1.82, 2.24) is 4.90 Å². The third-order valence-electron chi connectivity index (χ3n) is 2.10. The standard InChI is InChI=1S/C13H22N2/c1-14(2)10-12-7-6-8-13(9-12)11-15(3,4)5/h6-9H,3,10-11H2,1-2,4-5H3. The molecule has 0 bridgehead atoms. The van der Waals surface area contributed by atoms with E-state index in [0.29, 0.717) is 0 Å². The summed E-state index contributed by atoms with van der Waals surface area (Å²) in [5.74, 6) is 0. The van der Waals surface area contributed by atoms with E-state index >= 15 is 0 Å². The van der Waals surface area contributed by atoms with Gasteiger partial charge in [0.25, 0.3) is 0 Å². The highest BCUT2D eigenvalue weighted by Gasteiger charge is 2.04. The Balaban J connectivity index is 2.74. The molecule has 1 aromatic rings. The van der Waals surface area contributed by atoms with Crippen LogP contribution < -0.4 is 0 Å². The van der Waals surface area contributed by atoms with E-state index in [-0.39, 0.29) is 0 Å². The van der Waals surface area contributed by atoms with Gasteiger partial charge < -0.3 is 9.38 Å². The van der Waals surface area contributed by atoms with Crippen LogP contribution in [0.1, 0.15) is 11.1 Å². The Hall–Kier alpha value is -0.860. The Kier molecular flexibility index (Phi) is 3.89. The Morgan fingerprint density at radius 2 is 1.80 bits per heavy atom. The molecule has 0 aliphatic heterocycles. The fraction of sp³-hybridized carbons (Fsp3) is 0.462. The topological polar surface area (TPSA) is 3.24 Å². The largest absolute Gasteiger partial charge is 0.458 e. The van der Waals surface area contributed by atoms with Crippen molar-refractivity contribution in [2.75, 3.05) is 28.2 Å². The van der Waals surface area contributed by atoms with E-state index in [1.807, 2.05) is 0 Å². The third kappa shape index (κ3) is 4.96. The van der Waals surface area contributed by atoms with E-state index in [9.17, 15) is 0 Å². The molecule has 0 saturated heterocycles. The van der Waals surface area contributed by atoms with Crippen molar-refractivity contribution in [1.29, 1.82) is 0 Å². The van der Waals surface area contributed by atoms with Gasteiger partial charge in [-0.15, -0.1) is 7.05 Å². The average molecular weight is 206 g/mol. The van der Waals surface area contributed by atoms with Crippen LogP contribution in [0.25, 0.3) is 0 Å². The highest BCUT2D eigenvalue weighted by Crippen LogP contribution is 2.11. The van der Waals surface area contributed by atoms with Gasteiger partial charge >= 0.3 is 0 Å². The van der Waals surface area contributed by atoms with Gasteiger partial charge in [0.2, 0.25) is 0 Å². The quantitative estimate of drug-likeness (QED) is 0.539.